The summed E-state index contributed by atoms with van der Waals surface area (Å²) in [6.07, 6.45) is -2.87. The zero-order valence-electron chi connectivity index (χ0n) is 13.7. The van der Waals surface area contributed by atoms with Crippen LogP contribution in [0, 0.1) is 0 Å². The number of carbonyl (C=O) groups is 1. The number of nitrogens with one attached hydrogen (secondary N) is 1. The maximum Gasteiger partial charge on any atom is 0.411 e. The number of hydrogen-bond donors (Lipinski definition) is 2. The Labute approximate surface area is 147 Å². The van der Waals surface area contributed by atoms with Gasteiger partial charge in [0.1, 0.15) is 24.7 Å². The molecular formula is C17H17F3N2O4. The van der Waals surface area contributed by atoms with Crippen LogP contribution in [0.5, 0.6) is 0 Å². The number of carboxylic acids is 1. The Morgan fingerprint density at radius 2 is 2.04 bits per heavy atom. The highest BCUT2D eigenvalue weighted by Crippen LogP contribution is 2.36. The molecule has 2 N–H and O–H groups in total. The maximum atomic E-state index is 12.1. The first-order chi connectivity index (χ1) is 12.3. The van der Waals surface area contributed by atoms with Crippen LogP contribution in [0.1, 0.15) is 17.5 Å². The van der Waals surface area contributed by atoms with Gasteiger partial charge in [-0.1, -0.05) is 24.3 Å². The molecule has 0 aliphatic carbocycles. The number of nitrogens with zero attached hydrogens (tertiary/aromatic N) is 1. The Balaban J connectivity index is 1.77. The second kappa shape index (κ2) is 7.38. The quantitative estimate of drug-likeness (QED) is 0.751. The van der Waals surface area contributed by atoms with Gasteiger partial charge >= 0.3 is 12.1 Å². The summed E-state index contributed by atoms with van der Waals surface area (Å²) in [5.41, 5.74) is 5.77. The molecule has 2 aliphatic rings. The predicted octanol–water partition coefficient (Wildman–Crippen LogP) is 2.64. The molecule has 0 spiro atoms. The van der Waals surface area contributed by atoms with E-state index in [1.807, 2.05) is 24.3 Å². The van der Waals surface area contributed by atoms with E-state index in [1.165, 1.54) is 6.20 Å². The number of rotatable bonds is 6. The minimum atomic E-state index is -4.39. The van der Waals surface area contributed by atoms with Crippen LogP contribution in [0.2, 0.25) is 0 Å². The van der Waals surface area contributed by atoms with E-state index in [2.05, 4.69) is 10.2 Å². The van der Waals surface area contributed by atoms with E-state index in [-0.39, 0.29) is 25.2 Å². The number of benzene rings is 1. The molecule has 9 heteroatoms. The summed E-state index contributed by atoms with van der Waals surface area (Å²) in [6.45, 7) is -1.20. The first-order valence-corrected chi connectivity index (χ1v) is 7.90. The van der Waals surface area contributed by atoms with Crippen LogP contribution >= 0.6 is 0 Å². The topological polar surface area (TPSA) is 71.0 Å². The van der Waals surface area contributed by atoms with E-state index in [0.29, 0.717) is 18.0 Å². The Morgan fingerprint density at radius 3 is 2.77 bits per heavy atom. The molecule has 140 valence electrons. The van der Waals surface area contributed by atoms with Crippen molar-refractivity contribution in [1.29, 1.82) is 0 Å². The summed E-state index contributed by atoms with van der Waals surface area (Å²) < 4.78 is 46.4. The molecule has 1 aromatic carbocycles. The van der Waals surface area contributed by atoms with Crippen LogP contribution in [0.15, 0.2) is 41.8 Å². The number of hydrogen-bond acceptors (Lipinski definition) is 5. The Kier molecular flexibility index (Phi) is 5.19. The summed E-state index contributed by atoms with van der Waals surface area (Å²) in [5.74, 6) is -0.709. The Bertz CT molecular complexity index is 759. The van der Waals surface area contributed by atoms with Crippen molar-refractivity contribution in [3.8, 4) is 0 Å². The van der Waals surface area contributed by atoms with E-state index in [0.717, 1.165) is 11.1 Å². The highest BCUT2D eigenvalue weighted by molar-refractivity contribution is 5.89. The minimum absolute atomic E-state index is 0.0381. The number of carboxylic acid groups (broad SMARTS) is 1. The molecule has 1 aromatic rings. The molecule has 0 aromatic heterocycles. The van der Waals surface area contributed by atoms with E-state index >= 15 is 0 Å². The van der Waals surface area contributed by atoms with Gasteiger partial charge in [-0.05, 0) is 5.56 Å². The molecule has 26 heavy (non-hydrogen) atoms. The van der Waals surface area contributed by atoms with Crippen LogP contribution in [0.4, 0.5) is 13.2 Å². The first-order valence-electron chi connectivity index (χ1n) is 7.90. The second-order valence-electron chi connectivity index (χ2n) is 5.79. The van der Waals surface area contributed by atoms with Crippen molar-refractivity contribution in [2.75, 3.05) is 19.8 Å². The van der Waals surface area contributed by atoms with Crippen molar-refractivity contribution in [2.45, 2.75) is 19.1 Å². The fraction of sp³-hybridized carbons (Fsp3) is 0.353. The third-order valence-corrected chi connectivity index (χ3v) is 3.90. The number of alkyl halides is 3. The lowest BCUT2D eigenvalue weighted by Crippen LogP contribution is -2.39. The molecule has 0 atom stereocenters. The van der Waals surface area contributed by atoms with Crippen molar-refractivity contribution >= 4 is 11.7 Å². The molecule has 2 heterocycles. The molecule has 0 radical (unpaired) electrons. The molecule has 0 saturated carbocycles. The largest absolute Gasteiger partial charge is 0.493 e. The monoisotopic (exact) mass is 370 g/mol. The molecule has 0 fully saturated rings. The van der Waals surface area contributed by atoms with E-state index in [4.69, 9.17) is 4.74 Å². The van der Waals surface area contributed by atoms with Gasteiger partial charge in [-0.2, -0.15) is 13.2 Å². The lowest BCUT2D eigenvalue weighted by Gasteiger charge is -2.36. The van der Waals surface area contributed by atoms with E-state index in [9.17, 15) is 23.1 Å². The van der Waals surface area contributed by atoms with Crippen molar-refractivity contribution in [1.82, 2.24) is 10.4 Å². The molecule has 0 amide bonds. The third kappa shape index (κ3) is 4.17. The van der Waals surface area contributed by atoms with Gasteiger partial charge in [0.15, 0.2) is 0 Å². The molecule has 2 aliphatic heterocycles. The van der Waals surface area contributed by atoms with Crippen LogP contribution in [0.25, 0.3) is 5.70 Å². The van der Waals surface area contributed by atoms with Gasteiger partial charge in [0, 0.05) is 24.7 Å². The Morgan fingerprint density at radius 1 is 1.27 bits per heavy atom. The van der Waals surface area contributed by atoms with Gasteiger partial charge in [0.25, 0.3) is 0 Å². The second-order valence-corrected chi connectivity index (χ2v) is 5.79. The average Bonchev–Trinajstić information content (AvgIpc) is 2.59. The number of allylic oxidation sites excluding steroid dienone is 1. The normalized spacial score (nSPS) is 16.7. The first kappa shape index (κ1) is 18.3. The number of fused-ring (bicyclic) bond motifs is 3. The number of hydrazine groups is 1. The lowest BCUT2D eigenvalue weighted by molar-refractivity contribution is -0.175. The fourth-order valence-electron chi connectivity index (χ4n) is 2.80. The smallest absolute Gasteiger partial charge is 0.411 e. The zero-order valence-corrected chi connectivity index (χ0v) is 13.7. The van der Waals surface area contributed by atoms with Crippen LogP contribution in [-0.2, 0) is 20.8 Å². The van der Waals surface area contributed by atoms with Crippen molar-refractivity contribution in [3.05, 3.63) is 52.9 Å². The molecule has 0 unspecified atom stereocenters. The summed E-state index contributed by atoms with van der Waals surface area (Å²) in [7, 11) is 0. The third-order valence-electron chi connectivity index (χ3n) is 3.90. The highest BCUT2D eigenvalue weighted by Gasteiger charge is 2.30. The molecule has 6 nitrogen and oxygen atoms in total. The van der Waals surface area contributed by atoms with Gasteiger partial charge in [-0.15, -0.1) is 0 Å². The minimum Gasteiger partial charge on any atom is -0.493 e. The Hall–Kier alpha value is -2.52. The van der Waals surface area contributed by atoms with Crippen LogP contribution in [-0.4, -0.2) is 42.1 Å². The molecule has 0 bridgehead atoms. The summed E-state index contributed by atoms with van der Waals surface area (Å²) >= 11 is 0. The molecule has 3 rings (SSSR count). The van der Waals surface area contributed by atoms with Gasteiger partial charge in [-0.25, -0.2) is 10.2 Å². The number of halogens is 3. The van der Waals surface area contributed by atoms with Gasteiger partial charge in [0.2, 0.25) is 0 Å². The van der Waals surface area contributed by atoms with Crippen molar-refractivity contribution in [2.24, 2.45) is 0 Å². The standard InChI is InChI=1S/C17H17F3N2O4/c18-17(19,20)10-25-5-6-26-14-7-12(16(23)24)9-22-15(14)13-4-2-1-3-11(13)8-21-22/h1-4,9,21H,5-8,10H2,(H,23,24). The van der Waals surface area contributed by atoms with Crippen molar-refractivity contribution in [3.63, 3.8) is 0 Å². The number of aliphatic carboxylic acids is 1. The summed E-state index contributed by atoms with van der Waals surface area (Å²) in [4.78, 5) is 11.4. The molecule has 0 saturated heterocycles. The van der Waals surface area contributed by atoms with Gasteiger partial charge in [-0.3, -0.25) is 5.01 Å². The number of ether oxygens (including phenoxy) is 2. The zero-order chi connectivity index (χ0) is 18.7. The van der Waals surface area contributed by atoms with Crippen molar-refractivity contribution < 1.29 is 32.5 Å². The summed E-state index contributed by atoms with van der Waals surface area (Å²) in [5, 5.41) is 10.9. The van der Waals surface area contributed by atoms with Crippen LogP contribution < -0.4 is 5.43 Å². The summed E-state index contributed by atoms with van der Waals surface area (Å²) in [6, 6.07) is 7.58. The maximum absolute atomic E-state index is 12.1. The average molecular weight is 370 g/mol. The lowest BCUT2D eigenvalue weighted by atomic mass is 9.97. The van der Waals surface area contributed by atoms with Gasteiger partial charge in [0.05, 0.1) is 12.2 Å². The van der Waals surface area contributed by atoms with E-state index in [1.54, 1.807) is 5.01 Å². The highest BCUT2D eigenvalue weighted by atomic mass is 19.4. The fourth-order valence-corrected chi connectivity index (χ4v) is 2.80. The SMILES string of the molecule is O=C(O)C1=CN2NCc3ccccc3C2=C(OCCOCC(F)(F)F)C1. The van der Waals surface area contributed by atoms with E-state index < -0.39 is 18.8 Å². The van der Waals surface area contributed by atoms with Crippen LogP contribution in [0.3, 0.4) is 0 Å². The predicted molar refractivity (Wildman–Crippen MR) is 85.2 cm³/mol. The molecular weight excluding hydrogens is 353 g/mol. The van der Waals surface area contributed by atoms with Gasteiger partial charge < -0.3 is 14.6 Å².